The molecule has 1 aromatic carbocycles. The average molecular weight is 373 g/mol. The van der Waals surface area contributed by atoms with Crippen LogP contribution in [0.15, 0.2) is 40.7 Å². The summed E-state index contributed by atoms with van der Waals surface area (Å²) in [6, 6.07) is 4.46. The number of carbonyl (C=O) groups is 2. The normalized spacial score (nSPS) is 21.6. The first kappa shape index (κ1) is 19.1. The predicted octanol–water partition coefficient (Wildman–Crippen LogP) is 3.61. The zero-order valence-electron chi connectivity index (χ0n) is 16.2. The number of benzene rings is 1. The number of nitrogens with one attached hydrogen (secondary N) is 1. The smallest absolute Gasteiger partial charge is 0.336 e. The Balaban J connectivity index is 2.23. The van der Waals surface area contributed by atoms with Gasteiger partial charge in [0.25, 0.3) is 0 Å². The molecule has 0 unspecified atom stereocenters. The Labute approximate surface area is 158 Å². The Morgan fingerprint density at radius 2 is 1.96 bits per heavy atom. The number of methoxy groups -OCH3 is 2. The van der Waals surface area contributed by atoms with Gasteiger partial charge in [0.2, 0.25) is 0 Å². The molecule has 0 spiro atoms. The van der Waals surface area contributed by atoms with Crippen molar-refractivity contribution in [2.24, 2.45) is 5.41 Å². The summed E-state index contributed by atoms with van der Waals surface area (Å²) >= 11 is 0. The SMILES string of the molecule is COC(=O)C1=C(C)NC2=C(C(=O)CC(C)(C)C2)[C@@H]1c1ccc(OC)cc1F. The van der Waals surface area contributed by atoms with E-state index in [2.05, 4.69) is 5.32 Å². The number of hydrogen-bond acceptors (Lipinski definition) is 5. The highest BCUT2D eigenvalue weighted by Gasteiger charge is 2.43. The Kier molecular flexibility index (Phi) is 4.84. The first-order valence-corrected chi connectivity index (χ1v) is 8.84. The average Bonchev–Trinajstić information content (AvgIpc) is 2.58. The minimum atomic E-state index is -0.803. The van der Waals surface area contributed by atoms with Crippen LogP contribution in [0.5, 0.6) is 5.75 Å². The Bertz CT molecular complexity index is 882. The second-order valence-corrected chi connectivity index (χ2v) is 7.81. The van der Waals surface area contributed by atoms with Gasteiger partial charge in [0, 0.05) is 35.0 Å². The summed E-state index contributed by atoms with van der Waals surface area (Å²) in [6.07, 6.45) is 0.990. The standard InChI is InChI=1S/C21H24FNO4/c1-11-17(20(25)27-5)18(13-7-6-12(26-4)8-14(13)22)19-15(23-11)9-21(2,3)10-16(19)24/h6-8,18,23H,9-10H2,1-5H3/t18-/m1/s1. The highest BCUT2D eigenvalue weighted by atomic mass is 19.1. The van der Waals surface area contributed by atoms with Gasteiger partial charge in [-0.2, -0.15) is 0 Å². The Morgan fingerprint density at radius 1 is 1.26 bits per heavy atom. The molecule has 1 aromatic rings. The fourth-order valence-electron chi connectivity index (χ4n) is 4.00. The van der Waals surface area contributed by atoms with Crippen molar-refractivity contribution >= 4 is 11.8 Å². The summed E-state index contributed by atoms with van der Waals surface area (Å²) in [5.41, 5.74) is 2.10. The van der Waals surface area contributed by atoms with Crippen molar-refractivity contribution < 1.29 is 23.5 Å². The quantitative estimate of drug-likeness (QED) is 0.820. The van der Waals surface area contributed by atoms with Gasteiger partial charge >= 0.3 is 5.97 Å². The number of esters is 1. The summed E-state index contributed by atoms with van der Waals surface area (Å²) in [5, 5.41) is 3.20. The molecule has 0 radical (unpaired) electrons. The van der Waals surface area contributed by atoms with Gasteiger partial charge in [-0.1, -0.05) is 19.9 Å². The number of hydrogen-bond donors (Lipinski definition) is 1. The number of rotatable bonds is 3. The van der Waals surface area contributed by atoms with E-state index in [4.69, 9.17) is 9.47 Å². The Hall–Kier alpha value is -2.63. The minimum absolute atomic E-state index is 0.0807. The van der Waals surface area contributed by atoms with Crippen LogP contribution in [0.1, 0.15) is 45.1 Å². The van der Waals surface area contributed by atoms with Gasteiger partial charge in [0.15, 0.2) is 5.78 Å². The summed E-state index contributed by atoms with van der Waals surface area (Å²) in [5.74, 6) is -1.62. The topological polar surface area (TPSA) is 64.6 Å². The van der Waals surface area contributed by atoms with E-state index in [1.807, 2.05) is 13.8 Å². The van der Waals surface area contributed by atoms with E-state index >= 15 is 0 Å². The van der Waals surface area contributed by atoms with Crippen LogP contribution in [0.25, 0.3) is 0 Å². The molecule has 0 saturated carbocycles. The summed E-state index contributed by atoms with van der Waals surface area (Å²) in [7, 11) is 2.73. The maximum atomic E-state index is 14.9. The first-order valence-electron chi connectivity index (χ1n) is 8.84. The number of Topliss-reactive ketones (excluding diaryl/α,β-unsaturated/α-hetero) is 1. The third kappa shape index (κ3) is 3.36. The van der Waals surface area contributed by atoms with E-state index in [1.165, 1.54) is 20.3 Å². The van der Waals surface area contributed by atoms with Gasteiger partial charge in [-0.05, 0) is 24.8 Å². The van der Waals surface area contributed by atoms with Gasteiger partial charge in [0.1, 0.15) is 11.6 Å². The number of ether oxygens (including phenoxy) is 2. The molecule has 27 heavy (non-hydrogen) atoms. The Morgan fingerprint density at radius 3 is 2.56 bits per heavy atom. The molecule has 0 fully saturated rings. The lowest BCUT2D eigenvalue weighted by molar-refractivity contribution is -0.136. The number of dihydropyridines is 1. The van der Waals surface area contributed by atoms with Crippen molar-refractivity contribution in [2.75, 3.05) is 14.2 Å². The van der Waals surface area contributed by atoms with Crippen LogP contribution >= 0.6 is 0 Å². The van der Waals surface area contributed by atoms with Crippen molar-refractivity contribution in [3.05, 3.63) is 52.1 Å². The predicted molar refractivity (Wildman–Crippen MR) is 98.6 cm³/mol. The molecule has 0 saturated heterocycles. The fourth-order valence-corrected chi connectivity index (χ4v) is 4.00. The first-order chi connectivity index (χ1) is 12.7. The van der Waals surface area contributed by atoms with Crippen molar-refractivity contribution in [1.82, 2.24) is 5.32 Å². The number of carbonyl (C=O) groups excluding carboxylic acids is 2. The molecule has 1 N–H and O–H groups in total. The lowest BCUT2D eigenvalue weighted by Gasteiger charge is -2.39. The van der Waals surface area contributed by atoms with Crippen molar-refractivity contribution in [3.8, 4) is 5.75 Å². The number of allylic oxidation sites excluding steroid dienone is 3. The molecule has 2 aliphatic rings. The molecule has 0 aromatic heterocycles. The summed E-state index contributed by atoms with van der Waals surface area (Å²) in [4.78, 5) is 25.5. The van der Waals surface area contributed by atoms with E-state index < -0.39 is 17.7 Å². The van der Waals surface area contributed by atoms with Crippen LogP contribution in [0.2, 0.25) is 0 Å². The second kappa shape index (κ2) is 6.83. The largest absolute Gasteiger partial charge is 0.497 e. The monoisotopic (exact) mass is 373 g/mol. The van der Waals surface area contributed by atoms with Gasteiger partial charge in [-0.3, -0.25) is 4.79 Å². The molecule has 6 heteroatoms. The molecule has 144 valence electrons. The molecule has 5 nitrogen and oxygen atoms in total. The lowest BCUT2D eigenvalue weighted by Crippen LogP contribution is -2.38. The van der Waals surface area contributed by atoms with Crippen molar-refractivity contribution in [1.29, 1.82) is 0 Å². The molecule has 1 heterocycles. The van der Waals surface area contributed by atoms with E-state index in [1.54, 1.807) is 19.1 Å². The molecule has 0 bridgehead atoms. The maximum Gasteiger partial charge on any atom is 0.336 e. The maximum absolute atomic E-state index is 14.9. The van der Waals surface area contributed by atoms with Crippen molar-refractivity contribution in [2.45, 2.75) is 39.5 Å². The summed E-state index contributed by atoms with van der Waals surface area (Å²) in [6.45, 7) is 5.79. The molecular weight excluding hydrogens is 349 g/mol. The third-order valence-electron chi connectivity index (χ3n) is 5.16. The van der Waals surface area contributed by atoms with E-state index in [-0.39, 0.29) is 22.3 Å². The molecule has 1 aliphatic carbocycles. The van der Waals surface area contributed by atoms with Gasteiger partial charge in [-0.25, -0.2) is 9.18 Å². The van der Waals surface area contributed by atoms with E-state index in [0.29, 0.717) is 29.9 Å². The third-order valence-corrected chi connectivity index (χ3v) is 5.16. The van der Waals surface area contributed by atoms with E-state index in [9.17, 15) is 14.0 Å². The fraction of sp³-hybridized carbons (Fsp3) is 0.429. The molecule has 3 rings (SSSR count). The lowest BCUT2D eigenvalue weighted by atomic mass is 9.68. The van der Waals surface area contributed by atoms with Crippen LogP contribution in [0, 0.1) is 11.2 Å². The highest BCUT2D eigenvalue weighted by Crippen LogP contribution is 2.47. The van der Waals surface area contributed by atoms with Gasteiger partial charge < -0.3 is 14.8 Å². The molecule has 1 atom stereocenters. The van der Waals surface area contributed by atoms with Crippen LogP contribution < -0.4 is 10.1 Å². The zero-order chi connectivity index (χ0) is 19.9. The number of halogens is 1. The second-order valence-electron chi connectivity index (χ2n) is 7.81. The van der Waals surface area contributed by atoms with Crippen molar-refractivity contribution in [3.63, 3.8) is 0 Å². The zero-order valence-corrected chi connectivity index (χ0v) is 16.2. The molecular formula is C21H24FNO4. The van der Waals surface area contributed by atoms with Gasteiger partial charge in [-0.15, -0.1) is 0 Å². The van der Waals surface area contributed by atoms with Gasteiger partial charge in [0.05, 0.1) is 25.7 Å². The summed E-state index contributed by atoms with van der Waals surface area (Å²) < 4.78 is 24.9. The molecule has 0 amide bonds. The van der Waals surface area contributed by atoms with Crippen LogP contribution in [0.3, 0.4) is 0 Å². The van der Waals surface area contributed by atoms with E-state index in [0.717, 1.165) is 5.70 Å². The highest BCUT2D eigenvalue weighted by molar-refractivity contribution is 6.04. The minimum Gasteiger partial charge on any atom is -0.497 e. The van der Waals surface area contributed by atoms with Crippen LogP contribution in [-0.4, -0.2) is 26.0 Å². The van der Waals surface area contributed by atoms with Crippen LogP contribution in [-0.2, 0) is 14.3 Å². The van der Waals surface area contributed by atoms with Crippen LogP contribution in [0.4, 0.5) is 4.39 Å². The molecule has 1 aliphatic heterocycles. The number of ketones is 1.